The second kappa shape index (κ2) is 8.30. The highest BCUT2D eigenvalue weighted by atomic mass is 79.9. The lowest BCUT2D eigenvalue weighted by Gasteiger charge is -2.07. The Kier molecular flexibility index (Phi) is 5.85. The Labute approximate surface area is 163 Å². The molecule has 0 saturated heterocycles. The Morgan fingerprint density at radius 3 is 2.63 bits per heavy atom. The number of halogens is 3. The van der Waals surface area contributed by atoms with Gasteiger partial charge in [0.15, 0.2) is 11.4 Å². The lowest BCUT2D eigenvalue weighted by Crippen LogP contribution is -2.15. The summed E-state index contributed by atoms with van der Waals surface area (Å²) in [4.78, 5) is 12.6. The van der Waals surface area contributed by atoms with Crippen LogP contribution in [0.5, 0.6) is 5.75 Å². The Balaban J connectivity index is 1.91. The Morgan fingerprint density at radius 2 is 1.96 bits per heavy atom. The number of anilines is 1. The van der Waals surface area contributed by atoms with Crippen molar-refractivity contribution in [3.63, 3.8) is 0 Å². The monoisotopic (exact) mass is 435 g/mol. The van der Waals surface area contributed by atoms with Crippen molar-refractivity contribution >= 4 is 27.5 Å². The number of amides is 1. The van der Waals surface area contributed by atoms with Crippen LogP contribution in [0.2, 0.25) is 0 Å². The van der Waals surface area contributed by atoms with Gasteiger partial charge < -0.3 is 10.1 Å². The van der Waals surface area contributed by atoms with Gasteiger partial charge in [-0.2, -0.15) is 5.10 Å². The lowest BCUT2D eigenvalue weighted by atomic mass is 10.3. The summed E-state index contributed by atoms with van der Waals surface area (Å²) in [6.45, 7) is 2.32. The molecule has 0 aliphatic rings. The van der Waals surface area contributed by atoms with E-state index in [9.17, 15) is 13.6 Å². The van der Waals surface area contributed by atoms with Crippen LogP contribution in [-0.4, -0.2) is 22.3 Å². The van der Waals surface area contributed by atoms with Crippen molar-refractivity contribution < 1.29 is 18.3 Å². The minimum absolute atomic E-state index is 0.00935. The minimum Gasteiger partial charge on any atom is -0.489 e. The lowest BCUT2D eigenvalue weighted by molar-refractivity contribution is 0.101. The molecule has 0 fully saturated rings. The van der Waals surface area contributed by atoms with Crippen LogP contribution in [-0.2, 0) is 0 Å². The quantitative estimate of drug-likeness (QED) is 0.595. The number of aromatic nitrogens is 2. The van der Waals surface area contributed by atoms with Crippen LogP contribution < -0.4 is 10.1 Å². The van der Waals surface area contributed by atoms with Gasteiger partial charge in [0, 0.05) is 4.47 Å². The fourth-order valence-corrected chi connectivity index (χ4v) is 2.66. The number of hydrogen-bond donors (Lipinski definition) is 1. The van der Waals surface area contributed by atoms with Gasteiger partial charge >= 0.3 is 0 Å². The second-order valence-corrected chi connectivity index (χ2v) is 6.61. The number of nitrogens with one attached hydrogen (secondary N) is 1. The van der Waals surface area contributed by atoms with E-state index in [-0.39, 0.29) is 22.9 Å². The van der Waals surface area contributed by atoms with Crippen molar-refractivity contribution in [3.8, 4) is 11.4 Å². The molecule has 1 N–H and O–H groups in total. The third-order valence-corrected chi connectivity index (χ3v) is 4.12. The summed E-state index contributed by atoms with van der Waals surface area (Å²) in [6.07, 6.45) is 2.28. The first-order valence-electron chi connectivity index (χ1n) is 8.22. The smallest absolute Gasteiger partial charge is 0.280 e. The molecule has 1 amide bonds. The molecule has 3 aromatic rings. The average Bonchev–Trinajstić information content (AvgIpc) is 3.07. The Bertz CT molecular complexity index is 958. The van der Waals surface area contributed by atoms with E-state index in [0.29, 0.717) is 16.8 Å². The van der Waals surface area contributed by atoms with E-state index >= 15 is 0 Å². The predicted molar refractivity (Wildman–Crippen MR) is 101 cm³/mol. The molecular weight excluding hydrogens is 420 g/mol. The van der Waals surface area contributed by atoms with Crippen LogP contribution in [0.1, 0.15) is 23.8 Å². The molecule has 0 unspecified atom stereocenters. The normalized spacial score (nSPS) is 10.7. The zero-order valence-electron chi connectivity index (χ0n) is 14.4. The van der Waals surface area contributed by atoms with Gasteiger partial charge in [0.2, 0.25) is 0 Å². The van der Waals surface area contributed by atoms with E-state index in [2.05, 4.69) is 26.3 Å². The van der Waals surface area contributed by atoms with Gasteiger partial charge in [0.05, 0.1) is 24.2 Å². The molecule has 3 rings (SSSR count). The number of hydrogen-bond acceptors (Lipinski definition) is 3. The highest BCUT2D eigenvalue weighted by Gasteiger charge is 2.20. The maximum absolute atomic E-state index is 14.0. The number of benzene rings is 2. The molecule has 1 heterocycles. The highest BCUT2D eigenvalue weighted by molar-refractivity contribution is 9.10. The molecule has 0 saturated carbocycles. The number of carbonyl (C=O) groups is 1. The van der Waals surface area contributed by atoms with Crippen molar-refractivity contribution in [1.29, 1.82) is 0 Å². The summed E-state index contributed by atoms with van der Waals surface area (Å²) >= 11 is 3.17. The molecule has 0 radical (unpaired) electrons. The van der Waals surface area contributed by atoms with Gasteiger partial charge in [0.25, 0.3) is 5.91 Å². The first-order valence-corrected chi connectivity index (χ1v) is 9.02. The summed E-state index contributed by atoms with van der Waals surface area (Å²) in [5.41, 5.74) is 0.600. The largest absolute Gasteiger partial charge is 0.489 e. The number of ether oxygens (including phenoxy) is 1. The molecule has 5 nitrogen and oxygen atoms in total. The molecule has 2 aromatic carbocycles. The maximum atomic E-state index is 14.0. The SMILES string of the molecule is CCCOc1cn(-c2ccc(F)cc2)nc1C(=O)Nc1ccc(Br)cc1F. The van der Waals surface area contributed by atoms with E-state index in [1.165, 1.54) is 47.3 Å². The van der Waals surface area contributed by atoms with Crippen molar-refractivity contribution in [1.82, 2.24) is 9.78 Å². The van der Waals surface area contributed by atoms with Crippen molar-refractivity contribution in [2.24, 2.45) is 0 Å². The van der Waals surface area contributed by atoms with Gasteiger partial charge in [-0.1, -0.05) is 22.9 Å². The van der Waals surface area contributed by atoms with E-state index < -0.39 is 11.7 Å². The summed E-state index contributed by atoms with van der Waals surface area (Å²) in [5, 5.41) is 6.73. The van der Waals surface area contributed by atoms with Gasteiger partial charge in [0.1, 0.15) is 11.6 Å². The predicted octanol–water partition coefficient (Wildman–Crippen LogP) is 4.95. The number of rotatable bonds is 6. The molecule has 0 spiro atoms. The Morgan fingerprint density at radius 1 is 1.22 bits per heavy atom. The van der Waals surface area contributed by atoms with Gasteiger partial charge in [-0.3, -0.25) is 4.79 Å². The van der Waals surface area contributed by atoms with E-state index in [4.69, 9.17) is 4.74 Å². The van der Waals surface area contributed by atoms with Crippen LogP contribution in [0.15, 0.2) is 53.1 Å². The third-order valence-electron chi connectivity index (χ3n) is 3.63. The number of carbonyl (C=O) groups excluding carboxylic acids is 1. The number of nitrogens with zero attached hydrogens (tertiary/aromatic N) is 2. The maximum Gasteiger partial charge on any atom is 0.280 e. The van der Waals surface area contributed by atoms with E-state index in [1.54, 1.807) is 6.07 Å². The summed E-state index contributed by atoms with van der Waals surface area (Å²) in [7, 11) is 0. The third kappa shape index (κ3) is 4.51. The van der Waals surface area contributed by atoms with Crippen LogP contribution in [0.3, 0.4) is 0 Å². The molecule has 0 atom stereocenters. The molecule has 1 aromatic heterocycles. The molecule has 0 aliphatic heterocycles. The summed E-state index contributed by atoms with van der Waals surface area (Å²) in [6, 6.07) is 9.96. The minimum atomic E-state index is -0.608. The zero-order valence-corrected chi connectivity index (χ0v) is 16.0. The summed E-state index contributed by atoms with van der Waals surface area (Å²) < 4.78 is 34.7. The fraction of sp³-hybridized carbons (Fsp3) is 0.158. The summed E-state index contributed by atoms with van der Waals surface area (Å²) in [5.74, 6) is -1.30. The average molecular weight is 436 g/mol. The zero-order chi connectivity index (χ0) is 19.4. The van der Waals surface area contributed by atoms with Gasteiger partial charge in [-0.15, -0.1) is 0 Å². The van der Waals surface area contributed by atoms with E-state index in [1.807, 2.05) is 6.92 Å². The van der Waals surface area contributed by atoms with Crippen molar-refractivity contribution in [3.05, 3.63) is 70.5 Å². The molecular formula is C19H16BrF2N3O2. The van der Waals surface area contributed by atoms with E-state index in [0.717, 1.165) is 6.42 Å². The molecule has 0 aliphatic carbocycles. The highest BCUT2D eigenvalue weighted by Crippen LogP contribution is 2.24. The first-order chi connectivity index (χ1) is 13.0. The Hall–Kier alpha value is -2.74. The molecule has 8 heteroatoms. The van der Waals surface area contributed by atoms with Crippen LogP contribution in [0, 0.1) is 11.6 Å². The molecule has 0 bridgehead atoms. The first kappa shape index (κ1) is 19.0. The van der Waals surface area contributed by atoms with Crippen molar-refractivity contribution in [2.75, 3.05) is 11.9 Å². The van der Waals surface area contributed by atoms with Crippen molar-refractivity contribution in [2.45, 2.75) is 13.3 Å². The fourth-order valence-electron chi connectivity index (χ4n) is 2.33. The standard InChI is InChI=1S/C19H16BrF2N3O2/c1-2-9-27-17-11-25(14-6-4-13(21)5-7-14)24-18(17)19(26)23-16-8-3-12(20)10-15(16)22/h3-8,10-11H,2,9H2,1H3,(H,23,26). The van der Waals surface area contributed by atoms with Gasteiger partial charge in [-0.25, -0.2) is 13.5 Å². The van der Waals surface area contributed by atoms with Gasteiger partial charge in [-0.05, 0) is 48.9 Å². The molecule has 27 heavy (non-hydrogen) atoms. The van der Waals surface area contributed by atoms with Crippen LogP contribution in [0.4, 0.5) is 14.5 Å². The second-order valence-electron chi connectivity index (χ2n) is 5.69. The topological polar surface area (TPSA) is 56.2 Å². The van der Waals surface area contributed by atoms with Crippen LogP contribution >= 0.6 is 15.9 Å². The van der Waals surface area contributed by atoms with Crippen LogP contribution in [0.25, 0.3) is 5.69 Å². The molecule has 140 valence electrons.